The van der Waals surface area contributed by atoms with Gasteiger partial charge in [-0.1, -0.05) is 0 Å². The van der Waals surface area contributed by atoms with Gasteiger partial charge in [0.25, 0.3) is 0 Å². The van der Waals surface area contributed by atoms with E-state index in [1.165, 1.54) is 22.7 Å². The highest BCUT2D eigenvalue weighted by molar-refractivity contribution is 7.83. The zero-order valence-electron chi connectivity index (χ0n) is 8.98. The lowest BCUT2D eigenvalue weighted by atomic mass is 10.5. The van der Waals surface area contributed by atoms with Crippen LogP contribution in [0.3, 0.4) is 0 Å². The van der Waals surface area contributed by atoms with E-state index in [0.717, 1.165) is 11.4 Å². The Morgan fingerprint density at radius 2 is 1.33 bits per heavy atom. The van der Waals surface area contributed by atoms with E-state index in [2.05, 4.69) is 25.3 Å². The normalized spacial score (nSPS) is 11.0. The van der Waals surface area contributed by atoms with Crippen LogP contribution >= 0.6 is 47.9 Å². The van der Waals surface area contributed by atoms with Crippen molar-refractivity contribution in [1.82, 2.24) is 9.13 Å². The molecule has 0 radical (unpaired) electrons. The first-order valence-electron chi connectivity index (χ1n) is 5.01. The molecule has 0 amide bonds. The van der Waals surface area contributed by atoms with Gasteiger partial charge < -0.3 is 0 Å². The molecule has 18 heavy (non-hydrogen) atoms. The van der Waals surface area contributed by atoms with Crippen molar-refractivity contribution in [2.75, 3.05) is 0 Å². The summed E-state index contributed by atoms with van der Waals surface area (Å²) in [4.78, 5) is 12.4. The van der Waals surface area contributed by atoms with Crippen LogP contribution in [0, 0.1) is 0 Å². The van der Waals surface area contributed by atoms with E-state index in [4.69, 9.17) is 0 Å². The molecule has 92 valence electrons. The average molecular weight is 312 g/mol. The van der Waals surface area contributed by atoms with E-state index in [0.29, 0.717) is 10.1 Å². The molecule has 0 unspecified atom stereocenters. The fourth-order valence-corrected chi connectivity index (χ4v) is 3.56. The van der Waals surface area contributed by atoms with Crippen LogP contribution in [0.2, 0.25) is 0 Å². The van der Waals surface area contributed by atoms with Crippen molar-refractivity contribution in [2.45, 2.75) is 10.1 Å². The maximum atomic E-state index is 12.4. The molecule has 3 rings (SSSR count). The van der Waals surface area contributed by atoms with Gasteiger partial charge in [-0.2, -0.15) is 22.7 Å². The summed E-state index contributed by atoms with van der Waals surface area (Å²) in [6.07, 6.45) is 0. The molecule has 0 spiro atoms. The van der Waals surface area contributed by atoms with Crippen molar-refractivity contribution in [1.29, 1.82) is 0 Å². The summed E-state index contributed by atoms with van der Waals surface area (Å²) in [6, 6.07) is 3.77. The molecule has 3 aromatic rings. The molecule has 0 atom stereocenters. The number of nitrogens with zero attached hydrogens (tertiary/aromatic N) is 2. The third-order valence-corrected chi connectivity index (χ3v) is 4.88. The SMILES string of the molecule is O=c1n(-c2ccsc2)c(S)c(S)n1-c1ccsc1. The van der Waals surface area contributed by atoms with E-state index in [-0.39, 0.29) is 5.69 Å². The lowest BCUT2D eigenvalue weighted by Crippen LogP contribution is -2.21. The molecule has 3 heterocycles. The molecule has 0 N–H and O–H groups in total. The monoisotopic (exact) mass is 312 g/mol. The third-order valence-electron chi connectivity index (χ3n) is 2.53. The Morgan fingerprint density at radius 1 is 0.889 bits per heavy atom. The summed E-state index contributed by atoms with van der Waals surface area (Å²) in [5.41, 5.74) is 1.49. The van der Waals surface area contributed by atoms with E-state index in [1.54, 1.807) is 9.13 Å². The van der Waals surface area contributed by atoms with Crippen LogP contribution in [-0.4, -0.2) is 9.13 Å². The molecule has 0 aliphatic heterocycles. The molecular formula is C11H8N2OS4. The number of thiol groups is 2. The number of hydrogen-bond donors (Lipinski definition) is 2. The molecule has 0 fully saturated rings. The zero-order valence-corrected chi connectivity index (χ0v) is 12.4. The summed E-state index contributed by atoms with van der Waals surface area (Å²) in [5, 5.41) is 8.77. The first-order valence-corrected chi connectivity index (χ1v) is 7.79. The molecule has 7 heteroatoms. The first kappa shape index (κ1) is 12.2. The van der Waals surface area contributed by atoms with Gasteiger partial charge in [-0.05, 0) is 22.9 Å². The lowest BCUT2D eigenvalue weighted by molar-refractivity contribution is 0.873. The second-order valence-electron chi connectivity index (χ2n) is 3.56. The summed E-state index contributed by atoms with van der Waals surface area (Å²) in [7, 11) is 0. The van der Waals surface area contributed by atoms with E-state index >= 15 is 0 Å². The Balaban J connectivity index is 2.31. The van der Waals surface area contributed by atoms with Gasteiger partial charge in [-0.15, -0.1) is 25.3 Å². The van der Waals surface area contributed by atoms with Crippen molar-refractivity contribution < 1.29 is 0 Å². The van der Waals surface area contributed by atoms with Gasteiger partial charge >= 0.3 is 5.69 Å². The first-order chi connectivity index (χ1) is 8.70. The highest BCUT2D eigenvalue weighted by Crippen LogP contribution is 2.25. The van der Waals surface area contributed by atoms with Gasteiger partial charge in [-0.25, -0.2) is 4.79 Å². The lowest BCUT2D eigenvalue weighted by Gasteiger charge is -1.98. The van der Waals surface area contributed by atoms with E-state index in [1.807, 2.05) is 33.7 Å². The highest BCUT2D eigenvalue weighted by atomic mass is 32.1. The minimum absolute atomic E-state index is 0.151. The minimum Gasteiger partial charge on any atom is -0.253 e. The maximum absolute atomic E-state index is 12.4. The van der Waals surface area contributed by atoms with Crippen molar-refractivity contribution in [3.05, 3.63) is 44.1 Å². The summed E-state index contributed by atoms with van der Waals surface area (Å²) < 4.78 is 3.11. The van der Waals surface area contributed by atoms with Gasteiger partial charge in [0.2, 0.25) is 0 Å². The predicted octanol–water partition coefficient (Wildman–Crippen LogP) is 3.33. The van der Waals surface area contributed by atoms with Gasteiger partial charge in [0.1, 0.15) is 10.1 Å². The Morgan fingerprint density at radius 3 is 1.67 bits per heavy atom. The zero-order chi connectivity index (χ0) is 12.7. The van der Waals surface area contributed by atoms with Crippen molar-refractivity contribution >= 4 is 47.9 Å². The van der Waals surface area contributed by atoms with Crippen LogP contribution in [0.1, 0.15) is 0 Å². The number of thiophene rings is 2. The van der Waals surface area contributed by atoms with Crippen LogP contribution in [0.5, 0.6) is 0 Å². The van der Waals surface area contributed by atoms with Crippen LogP contribution < -0.4 is 5.69 Å². The number of aromatic nitrogens is 2. The molecule has 0 aromatic carbocycles. The predicted molar refractivity (Wildman–Crippen MR) is 81.6 cm³/mol. The molecular weight excluding hydrogens is 304 g/mol. The summed E-state index contributed by atoms with van der Waals surface area (Å²) in [6.45, 7) is 0. The number of hydrogen-bond acceptors (Lipinski definition) is 5. The Bertz CT molecular complexity index is 661. The Labute approximate surface area is 122 Å². The van der Waals surface area contributed by atoms with Gasteiger partial charge in [0, 0.05) is 10.8 Å². The average Bonchev–Trinajstić information content (AvgIpc) is 3.03. The van der Waals surface area contributed by atoms with Crippen molar-refractivity contribution in [3.8, 4) is 11.4 Å². The van der Waals surface area contributed by atoms with Crippen LogP contribution in [0.4, 0.5) is 0 Å². The Hall–Kier alpha value is -0.890. The van der Waals surface area contributed by atoms with Gasteiger partial charge in [-0.3, -0.25) is 9.13 Å². The number of imidazole rings is 1. The van der Waals surface area contributed by atoms with Crippen LogP contribution in [0.25, 0.3) is 11.4 Å². The van der Waals surface area contributed by atoms with E-state index in [9.17, 15) is 4.79 Å². The number of rotatable bonds is 2. The van der Waals surface area contributed by atoms with Crippen molar-refractivity contribution in [2.24, 2.45) is 0 Å². The molecule has 0 aliphatic carbocycles. The third kappa shape index (κ3) is 1.78. The van der Waals surface area contributed by atoms with Gasteiger partial charge in [0.15, 0.2) is 0 Å². The fraction of sp³-hybridized carbons (Fsp3) is 0. The van der Waals surface area contributed by atoms with Crippen molar-refractivity contribution in [3.63, 3.8) is 0 Å². The van der Waals surface area contributed by atoms with Crippen LogP contribution in [-0.2, 0) is 0 Å². The molecule has 3 nitrogen and oxygen atoms in total. The second kappa shape index (κ2) is 4.65. The maximum Gasteiger partial charge on any atom is 0.339 e. The highest BCUT2D eigenvalue weighted by Gasteiger charge is 2.17. The topological polar surface area (TPSA) is 26.9 Å². The minimum atomic E-state index is -0.151. The van der Waals surface area contributed by atoms with E-state index < -0.39 is 0 Å². The quantitative estimate of drug-likeness (QED) is 0.698. The molecule has 0 bridgehead atoms. The second-order valence-corrected chi connectivity index (χ2v) is 5.97. The molecule has 0 aliphatic rings. The van der Waals surface area contributed by atoms with Crippen LogP contribution in [0.15, 0.2) is 48.5 Å². The standard InChI is InChI=1S/C11H8N2OS4/c14-11-12(7-1-3-17-5-7)9(15)10(16)13(11)8-2-4-18-6-8/h1-6,15-16H. The largest absolute Gasteiger partial charge is 0.339 e. The summed E-state index contributed by atoms with van der Waals surface area (Å²) >= 11 is 11.9. The fourth-order valence-electron chi connectivity index (χ4n) is 1.72. The van der Waals surface area contributed by atoms with Gasteiger partial charge in [0.05, 0.1) is 11.4 Å². The molecule has 0 saturated heterocycles. The Kier molecular flexibility index (Phi) is 3.14. The smallest absolute Gasteiger partial charge is 0.253 e. The molecule has 0 saturated carbocycles. The molecule has 3 aromatic heterocycles. The summed E-state index contributed by atoms with van der Waals surface area (Å²) in [5.74, 6) is 0.